The van der Waals surface area contributed by atoms with E-state index < -0.39 is 11.7 Å². The lowest BCUT2D eigenvalue weighted by Crippen LogP contribution is -2.20. The van der Waals surface area contributed by atoms with Crippen LogP contribution in [-0.2, 0) is 16.4 Å². The van der Waals surface area contributed by atoms with Crippen molar-refractivity contribution >= 4 is 12.1 Å². The van der Waals surface area contributed by atoms with Gasteiger partial charge in [-0.3, -0.25) is 4.79 Å². The molecule has 2 unspecified atom stereocenters. The zero-order valence-corrected chi connectivity index (χ0v) is 16.0. The average Bonchev–Trinajstić information content (AvgIpc) is 3.41. The number of amides is 1. The lowest BCUT2D eigenvalue weighted by molar-refractivity contribution is -0.137. The lowest BCUT2D eigenvalue weighted by Gasteiger charge is -2.19. The maximum absolute atomic E-state index is 12.5. The minimum atomic E-state index is -4.37. The summed E-state index contributed by atoms with van der Waals surface area (Å²) >= 11 is 0. The van der Waals surface area contributed by atoms with E-state index in [1.54, 1.807) is 0 Å². The average molecular weight is 388 g/mol. The van der Waals surface area contributed by atoms with Gasteiger partial charge in [-0.2, -0.15) is 18.3 Å². The first-order valence-corrected chi connectivity index (χ1v) is 9.16. The molecule has 6 heteroatoms. The molecule has 3 nitrogen and oxygen atoms in total. The first-order chi connectivity index (χ1) is 13.1. The van der Waals surface area contributed by atoms with Crippen LogP contribution in [0.25, 0.3) is 0 Å². The number of nitrogens with one attached hydrogen (secondary N) is 1. The smallest absolute Gasteiger partial charge is 0.273 e. The largest absolute Gasteiger partial charge is 0.416 e. The van der Waals surface area contributed by atoms with Crippen LogP contribution < -0.4 is 5.43 Å². The standard InChI is InChI=1S/C22H23F3N2O/c1-21(2,3)16-10-6-15(7-11-16)18-12-19(18)20(28)27-26-13-14-4-8-17(9-5-14)22(23,24)25/h4-11,13,18-19H,12H2,1-3H3,(H,27,28)/b26-13-. The van der Waals surface area contributed by atoms with Crippen LogP contribution in [0.4, 0.5) is 13.2 Å². The van der Waals surface area contributed by atoms with Crippen molar-refractivity contribution in [2.24, 2.45) is 11.0 Å². The fourth-order valence-corrected chi connectivity index (χ4v) is 3.09. The van der Waals surface area contributed by atoms with Gasteiger partial charge in [-0.05, 0) is 46.6 Å². The van der Waals surface area contributed by atoms with Gasteiger partial charge < -0.3 is 0 Å². The van der Waals surface area contributed by atoms with Crippen molar-refractivity contribution in [3.63, 3.8) is 0 Å². The van der Waals surface area contributed by atoms with Crippen LogP contribution >= 0.6 is 0 Å². The van der Waals surface area contributed by atoms with Gasteiger partial charge in [-0.15, -0.1) is 0 Å². The first kappa shape index (κ1) is 20.1. The van der Waals surface area contributed by atoms with Crippen LogP contribution in [0.15, 0.2) is 53.6 Å². The van der Waals surface area contributed by atoms with Crippen molar-refractivity contribution < 1.29 is 18.0 Å². The Hall–Kier alpha value is -2.63. The molecule has 28 heavy (non-hydrogen) atoms. The molecule has 1 fully saturated rings. The number of alkyl halides is 3. The Kier molecular flexibility index (Phi) is 5.33. The van der Waals surface area contributed by atoms with Gasteiger partial charge in [0.05, 0.1) is 11.8 Å². The normalized spacial score (nSPS) is 19.6. The molecule has 1 N–H and O–H groups in total. The predicted octanol–water partition coefficient (Wildman–Crippen LogP) is 5.26. The predicted molar refractivity (Wildman–Crippen MR) is 103 cm³/mol. The van der Waals surface area contributed by atoms with Gasteiger partial charge in [-0.25, -0.2) is 5.43 Å². The fourth-order valence-electron chi connectivity index (χ4n) is 3.09. The third kappa shape index (κ3) is 4.80. The number of benzene rings is 2. The summed E-state index contributed by atoms with van der Waals surface area (Å²) in [5.74, 6) is -0.103. The highest BCUT2D eigenvalue weighted by molar-refractivity contribution is 5.85. The van der Waals surface area contributed by atoms with Gasteiger partial charge in [-0.1, -0.05) is 57.2 Å². The van der Waals surface area contributed by atoms with Crippen LogP contribution in [0.1, 0.15) is 55.4 Å². The number of rotatable bonds is 4. The second kappa shape index (κ2) is 7.41. The molecule has 2 aromatic carbocycles. The van der Waals surface area contributed by atoms with Crippen LogP contribution in [0.5, 0.6) is 0 Å². The third-order valence-electron chi connectivity index (χ3n) is 4.96. The molecule has 3 rings (SSSR count). The third-order valence-corrected chi connectivity index (χ3v) is 4.96. The van der Waals surface area contributed by atoms with Crippen LogP contribution in [-0.4, -0.2) is 12.1 Å². The van der Waals surface area contributed by atoms with E-state index in [4.69, 9.17) is 0 Å². The summed E-state index contributed by atoms with van der Waals surface area (Å²) in [6.45, 7) is 6.47. The van der Waals surface area contributed by atoms with Crippen molar-refractivity contribution in [2.45, 2.75) is 44.7 Å². The first-order valence-electron chi connectivity index (χ1n) is 9.16. The fraction of sp³-hybridized carbons (Fsp3) is 0.364. The Balaban J connectivity index is 1.53. The van der Waals surface area contributed by atoms with Gasteiger partial charge >= 0.3 is 6.18 Å². The van der Waals surface area contributed by atoms with E-state index in [0.717, 1.165) is 24.1 Å². The van der Waals surface area contributed by atoms with Gasteiger partial charge in [0.15, 0.2) is 0 Å². The molecule has 1 aliphatic rings. The van der Waals surface area contributed by atoms with E-state index in [1.165, 1.54) is 23.9 Å². The minimum Gasteiger partial charge on any atom is -0.273 e. The highest BCUT2D eigenvalue weighted by Crippen LogP contribution is 2.47. The molecule has 2 aromatic rings. The lowest BCUT2D eigenvalue weighted by atomic mass is 9.86. The van der Waals surface area contributed by atoms with Crippen molar-refractivity contribution in [1.29, 1.82) is 0 Å². The number of carbonyl (C=O) groups excluding carboxylic acids is 1. The SMILES string of the molecule is CC(C)(C)c1ccc(C2CC2C(=O)N/N=C\c2ccc(C(F)(F)F)cc2)cc1. The van der Waals surface area contributed by atoms with E-state index in [1.807, 2.05) is 0 Å². The number of carbonyl (C=O) groups is 1. The number of hydrogen-bond donors (Lipinski definition) is 1. The zero-order valence-electron chi connectivity index (χ0n) is 16.0. The van der Waals surface area contributed by atoms with E-state index in [2.05, 4.69) is 55.6 Å². The molecule has 0 aliphatic heterocycles. The monoisotopic (exact) mass is 388 g/mol. The summed E-state index contributed by atoms with van der Waals surface area (Å²) < 4.78 is 37.6. The summed E-state index contributed by atoms with van der Waals surface area (Å²) in [5, 5.41) is 3.86. The molecular weight excluding hydrogens is 365 g/mol. The quantitative estimate of drug-likeness (QED) is 0.564. The Labute approximate surface area is 162 Å². The Morgan fingerprint density at radius 3 is 2.11 bits per heavy atom. The minimum absolute atomic E-state index is 0.0892. The second-order valence-electron chi connectivity index (χ2n) is 8.17. The van der Waals surface area contributed by atoms with Crippen LogP contribution in [0, 0.1) is 5.92 Å². The summed E-state index contributed by atoms with van der Waals surface area (Å²) in [6.07, 6.45) is -2.25. The van der Waals surface area contributed by atoms with Crippen molar-refractivity contribution in [3.8, 4) is 0 Å². The van der Waals surface area contributed by atoms with E-state index in [0.29, 0.717) is 5.56 Å². The maximum Gasteiger partial charge on any atom is 0.416 e. The van der Waals surface area contributed by atoms with Gasteiger partial charge in [0.2, 0.25) is 5.91 Å². The molecule has 0 radical (unpaired) electrons. The molecule has 0 heterocycles. The van der Waals surface area contributed by atoms with E-state index >= 15 is 0 Å². The van der Waals surface area contributed by atoms with Crippen LogP contribution in [0.2, 0.25) is 0 Å². The van der Waals surface area contributed by atoms with Crippen LogP contribution in [0.3, 0.4) is 0 Å². The summed E-state index contributed by atoms with van der Waals surface area (Å²) in [7, 11) is 0. The molecule has 1 aliphatic carbocycles. The number of hydrogen-bond acceptors (Lipinski definition) is 2. The number of nitrogens with zero attached hydrogens (tertiary/aromatic N) is 1. The molecule has 0 spiro atoms. The van der Waals surface area contributed by atoms with E-state index in [-0.39, 0.29) is 23.2 Å². The molecule has 1 amide bonds. The highest BCUT2D eigenvalue weighted by Gasteiger charge is 2.44. The molecule has 148 valence electrons. The molecule has 2 atom stereocenters. The zero-order chi connectivity index (χ0) is 20.5. The molecule has 0 bridgehead atoms. The van der Waals surface area contributed by atoms with Gasteiger partial charge in [0.25, 0.3) is 0 Å². The second-order valence-corrected chi connectivity index (χ2v) is 8.17. The highest BCUT2D eigenvalue weighted by atomic mass is 19.4. The van der Waals surface area contributed by atoms with Gasteiger partial charge in [0.1, 0.15) is 0 Å². The Morgan fingerprint density at radius 2 is 1.57 bits per heavy atom. The molecule has 1 saturated carbocycles. The van der Waals surface area contributed by atoms with Crippen molar-refractivity contribution in [2.75, 3.05) is 0 Å². The van der Waals surface area contributed by atoms with E-state index in [9.17, 15) is 18.0 Å². The maximum atomic E-state index is 12.5. The number of hydrazone groups is 1. The number of halogens is 3. The summed E-state index contributed by atoms with van der Waals surface area (Å²) in [4.78, 5) is 12.2. The summed E-state index contributed by atoms with van der Waals surface area (Å²) in [5.41, 5.74) is 4.73. The van der Waals surface area contributed by atoms with Gasteiger partial charge in [0, 0.05) is 5.92 Å². The molecule has 0 saturated heterocycles. The van der Waals surface area contributed by atoms with Crippen molar-refractivity contribution in [3.05, 3.63) is 70.8 Å². The van der Waals surface area contributed by atoms with Crippen molar-refractivity contribution in [1.82, 2.24) is 5.43 Å². The topological polar surface area (TPSA) is 41.5 Å². The summed E-state index contributed by atoms with van der Waals surface area (Å²) in [6, 6.07) is 13.0. The Bertz CT molecular complexity index is 863. The molecule has 0 aromatic heterocycles. The molecular formula is C22H23F3N2O. The Morgan fingerprint density at radius 1 is 1.00 bits per heavy atom.